The minimum Gasteiger partial charge on any atom is -0.330 e. The molecule has 0 unspecified atom stereocenters. The Labute approximate surface area is 115 Å². The number of carbonyl (C=O) groups is 1. The van der Waals surface area contributed by atoms with Crippen LogP contribution in [0.2, 0.25) is 0 Å². The minimum atomic E-state index is -0.279. The number of carbonyl (C=O) groups excluding carboxylic acids is 1. The lowest BCUT2D eigenvalue weighted by molar-refractivity contribution is 0.225. The fourth-order valence-electron chi connectivity index (χ4n) is 1.57. The van der Waals surface area contributed by atoms with E-state index in [0.29, 0.717) is 0 Å². The van der Waals surface area contributed by atoms with E-state index in [2.05, 4.69) is 4.37 Å². The van der Waals surface area contributed by atoms with E-state index >= 15 is 0 Å². The van der Waals surface area contributed by atoms with Crippen molar-refractivity contribution in [2.75, 3.05) is 26.0 Å². The Balaban J connectivity index is 2.24. The Hall–Kier alpha value is -1.95. The van der Waals surface area contributed by atoms with Crippen LogP contribution in [0.4, 0.5) is 14.2 Å². The highest BCUT2D eigenvalue weighted by Gasteiger charge is 2.16. The van der Waals surface area contributed by atoms with Crippen LogP contribution in [0, 0.1) is 5.82 Å². The van der Waals surface area contributed by atoms with Crippen molar-refractivity contribution in [3.8, 4) is 11.3 Å². The molecule has 2 aromatic rings. The van der Waals surface area contributed by atoms with Crippen LogP contribution in [0.25, 0.3) is 11.3 Å². The second-order valence-electron chi connectivity index (χ2n) is 4.29. The predicted octanol–water partition coefficient (Wildman–Crippen LogP) is 3.07. The zero-order valence-corrected chi connectivity index (χ0v) is 11.7. The summed E-state index contributed by atoms with van der Waals surface area (Å²) in [6, 6.07) is 7.82. The van der Waals surface area contributed by atoms with Crippen LogP contribution in [-0.4, -0.2) is 36.4 Å². The number of hydrogen-bond acceptors (Lipinski definition) is 3. The summed E-state index contributed by atoms with van der Waals surface area (Å²) in [5, 5.41) is 0.748. The molecule has 0 radical (unpaired) electrons. The zero-order chi connectivity index (χ0) is 14.0. The van der Waals surface area contributed by atoms with E-state index in [-0.39, 0.29) is 11.8 Å². The van der Waals surface area contributed by atoms with E-state index in [1.54, 1.807) is 33.3 Å². The van der Waals surface area contributed by atoms with Crippen molar-refractivity contribution < 1.29 is 9.18 Å². The molecule has 0 atom stereocenters. The first-order chi connectivity index (χ1) is 8.99. The van der Waals surface area contributed by atoms with Gasteiger partial charge in [-0.25, -0.2) is 9.18 Å². The van der Waals surface area contributed by atoms with Gasteiger partial charge in [0.15, 0.2) is 0 Å². The highest BCUT2D eigenvalue weighted by Crippen LogP contribution is 2.28. The Morgan fingerprint density at radius 3 is 2.42 bits per heavy atom. The molecule has 4 nitrogen and oxygen atoms in total. The lowest BCUT2D eigenvalue weighted by atomic mass is 10.1. The average molecular weight is 279 g/mol. The summed E-state index contributed by atoms with van der Waals surface area (Å²) in [7, 11) is 5.09. The van der Waals surface area contributed by atoms with Crippen LogP contribution in [-0.2, 0) is 0 Å². The SMILES string of the molecule is CN(C)C(=O)N(C)c1cc(-c2ccc(F)cc2)ns1. The van der Waals surface area contributed by atoms with Gasteiger partial charge in [0.05, 0.1) is 5.69 Å². The molecule has 1 heterocycles. The van der Waals surface area contributed by atoms with Crippen molar-refractivity contribution in [2.45, 2.75) is 0 Å². The van der Waals surface area contributed by atoms with Crippen LogP contribution in [0.1, 0.15) is 0 Å². The molecule has 2 rings (SSSR count). The van der Waals surface area contributed by atoms with Crippen molar-refractivity contribution >= 4 is 22.6 Å². The maximum absolute atomic E-state index is 12.9. The van der Waals surface area contributed by atoms with E-state index in [0.717, 1.165) is 16.3 Å². The molecular weight excluding hydrogens is 265 g/mol. The molecule has 0 saturated heterocycles. The summed E-state index contributed by atoms with van der Waals surface area (Å²) in [6.45, 7) is 0. The Kier molecular flexibility index (Phi) is 3.80. The number of hydrogen-bond donors (Lipinski definition) is 0. The maximum Gasteiger partial charge on any atom is 0.324 e. The van der Waals surface area contributed by atoms with Crippen LogP contribution in [0.15, 0.2) is 30.3 Å². The number of amides is 2. The second kappa shape index (κ2) is 5.36. The molecule has 0 aliphatic rings. The third-order valence-electron chi connectivity index (χ3n) is 2.64. The molecule has 0 N–H and O–H groups in total. The summed E-state index contributed by atoms with van der Waals surface area (Å²) < 4.78 is 17.1. The van der Waals surface area contributed by atoms with E-state index in [4.69, 9.17) is 0 Å². The van der Waals surface area contributed by atoms with E-state index in [9.17, 15) is 9.18 Å². The van der Waals surface area contributed by atoms with Gasteiger partial charge < -0.3 is 4.90 Å². The molecule has 0 fully saturated rings. The fourth-order valence-corrected chi connectivity index (χ4v) is 2.29. The first-order valence-corrected chi connectivity index (χ1v) is 6.44. The largest absolute Gasteiger partial charge is 0.330 e. The van der Waals surface area contributed by atoms with Gasteiger partial charge in [-0.3, -0.25) is 4.90 Å². The Morgan fingerprint density at radius 2 is 1.84 bits per heavy atom. The number of anilines is 1. The maximum atomic E-state index is 12.9. The topological polar surface area (TPSA) is 36.4 Å². The van der Waals surface area contributed by atoms with Gasteiger partial charge in [0.2, 0.25) is 0 Å². The van der Waals surface area contributed by atoms with Crippen LogP contribution >= 0.6 is 11.5 Å². The third-order valence-corrected chi connectivity index (χ3v) is 3.50. The summed E-state index contributed by atoms with van der Waals surface area (Å²) in [6.07, 6.45) is 0. The Bertz CT molecular complexity index is 580. The fraction of sp³-hybridized carbons (Fsp3) is 0.231. The summed E-state index contributed by atoms with van der Waals surface area (Å²) in [4.78, 5) is 14.8. The van der Waals surface area contributed by atoms with Crippen LogP contribution < -0.4 is 4.90 Å². The first kappa shape index (κ1) is 13.5. The van der Waals surface area contributed by atoms with Gasteiger partial charge in [-0.1, -0.05) is 0 Å². The molecule has 6 heteroatoms. The van der Waals surface area contributed by atoms with Gasteiger partial charge in [-0.15, -0.1) is 0 Å². The number of urea groups is 1. The van der Waals surface area contributed by atoms with E-state index in [1.807, 2.05) is 6.07 Å². The monoisotopic (exact) mass is 279 g/mol. The quantitative estimate of drug-likeness (QED) is 0.847. The first-order valence-electron chi connectivity index (χ1n) is 5.66. The normalized spacial score (nSPS) is 10.3. The molecular formula is C13H14FN3OS. The van der Waals surface area contributed by atoms with Gasteiger partial charge in [-0.2, -0.15) is 4.37 Å². The van der Waals surface area contributed by atoms with Crippen molar-refractivity contribution in [1.82, 2.24) is 9.27 Å². The molecule has 1 aromatic heterocycles. The molecule has 2 amide bonds. The highest BCUT2D eigenvalue weighted by atomic mass is 32.1. The average Bonchev–Trinajstić information content (AvgIpc) is 2.87. The third kappa shape index (κ3) is 2.90. The van der Waals surface area contributed by atoms with Gasteiger partial charge >= 0.3 is 6.03 Å². The number of halogens is 1. The van der Waals surface area contributed by atoms with Gasteiger partial charge in [0.25, 0.3) is 0 Å². The van der Waals surface area contributed by atoms with Crippen molar-refractivity contribution in [3.63, 3.8) is 0 Å². The number of nitrogens with zero attached hydrogens (tertiary/aromatic N) is 3. The predicted molar refractivity (Wildman–Crippen MR) is 75.0 cm³/mol. The van der Waals surface area contributed by atoms with E-state index < -0.39 is 0 Å². The minimum absolute atomic E-state index is 0.116. The number of rotatable bonds is 2. The van der Waals surface area contributed by atoms with Gasteiger partial charge in [0.1, 0.15) is 10.8 Å². The molecule has 1 aromatic carbocycles. The number of benzene rings is 1. The van der Waals surface area contributed by atoms with Crippen molar-refractivity contribution in [3.05, 3.63) is 36.1 Å². The molecule has 0 aliphatic carbocycles. The summed E-state index contributed by atoms with van der Waals surface area (Å²) >= 11 is 1.24. The Morgan fingerprint density at radius 1 is 1.21 bits per heavy atom. The highest BCUT2D eigenvalue weighted by molar-refractivity contribution is 7.10. The van der Waals surface area contributed by atoms with Crippen LogP contribution in [0.3, 0.4) is 0 Å². The molecule has 0 spiro atoms. The van der Waals surface area contributed by atoms with Crippen molar-refractivity contribution in [1.29, 1.82) is 0 Å². The summed E-state index contributed by atoms with van der Waals surface area (Å²) in [5.41, 5.74) is 1.56. The molecule has 19 heavy (non-hydrogen) atoms. The molecule has 0 saturated carbocycles. The smallest absolute Gasteiger partial charge is 0.324 e. The van der Waals surface area contributed by atoms with Crippen LogP contribution in [0.5, 0.6) is 0 Å². The lowest BCUT2D eigenvalue weighted by Gasteiger charge is -2.19. The summed E-state index contributed by atoms with van der Waals surface area (Å²) in [5.74, 6) is -0.279. The second-order valence-corrected chi connectivity index (χ2v) is 5.08. The number of aromatic nitrogens is 1. The zero-order valence-electron chi connectivity index (χ0n) is 10.9. The van der Waals surface area contributed by atoms with Gasteiger partial charge in [-0.05, 0) is 35.8 Å². The van der Waals surface area contributed by atoms with Gasteiger partial charge in [0, 0.05) is 32.8 Å². The molecule has 100 valence electrons. The van der Waals surface area contributed by atoms with Crippen molar-refractivity contribution in [2.24, 2.45) is 0 Å². The lowest BCUT2D eigenvalue weighted by Crippen LogP contribution is -2.35. The molecule has 0 bridgehead atoms. The standard InChI is InChI=1S/C13H14FN3OS/c1-16(2)13(18)17(3)12-8-11(15-19-12)9-4-6-10(14)7-5-9/h4-8H,1-3H3. The molecule has 0 aliphatic heterocycles. The van der Waals surface area contributed by atoms with E-state index in [1.165, 1.54) is 33.5 Å².